The highest BCUT2D eigenvalue weighted by Crippen LogP contribution is 2.33. The first-order valence-corrected chi connectivity index (χ1v) is 9.58. The van der Waals surface area contributed by atoms with Gasteiger partial charge in [-0.1, -0.05) is 26.0 Å². The lowest BCUT2D eigenvalue weighted by atomic mass is 9.75. The zero-order valence-electron chi connectivity index (χ0n) is 17.0. The molecule has 7 heteroatoms. The van der Waals surface area contributed by atoms with Crippen molar-refractivity contribution in [2.24, 2.45) is 5.41 Å². The predicted octanol–water partition coefficient (Wildman–Crippen LogP) is 2.92. The molecule has 1 heterocycles. The molecule has 0 aliphatic heterocycles. The number of benzene rings is 1. The van der Waals surface area contributed by atoms with E-state index in [9.17, 15) is 19.2 Å². The molecule has 7 nitrogen and oxygen atoms in total. The largest absolute Gasteiger partial charge is 0.350 e. The van der Waals surface area contributed by atoms with E-state index in [1.54, 1.807) is 24.3 Å². The minimum Gasteiger partial charge on any atom is -0.350 e. The van der Waals surface area contributed by atoms with Crippen molar-refractivity contribution in [1.29, 1.82) is 0 Å². The van der Waals surface area contributed by atoms with Crippen LogP contribution in [0.15, 0.2) is 35.1 Å². The van der Waals surface area contributed by atoms with Gasteiger partial charge in [-0.2, -0.15) is 0 Å². The number of amides is 2. The highest BCUT2D eigenvalue weighted by atomic mass is 16.2. The third-order valence-electron chi connectivity index (χ3n) is 4.80. The van der Waals surface area contributed by atoms with E-state index in [0.717, 1.165) is 0 Å². The van der Waals surface area contributed by atoms with E-state index in [-0.39, 0.29) is 28.7 Å². The summed E-state index contributed by atoms with van der Waals surface area (Å²) in [6, 6.07) is 7.85. The summed E-state index contributed by atoms with van der Waals surface area (Å²) in [6.07, 6.45) is 0.911. The van der Waals surface area contributed by atoms with Crippen molar-refractivity contribution in [1.82, 2.24) is 10.3 Å². The quantitative estimate of drug-likeness (QED) is 0.740. The number of hydrogen-bond acceptors (Lipinski definition) is 4. The Morgan fingerprint density at radius 2 is 1.72 bits per heavy atom. The first-order chi connectivity index (χ1) is 13.6. The minimum absolute atomic E-state index is 0.0648. The van der Waals surface area contributed by atoms with Gasteiger partial charge in [0.1, 0.15) is 5.56 Å². The number of carbonyl (C=O) groups is 3. The number of fused-ring (bicyclic) bond motifs is 1. The van der Waals surface area contributed by atoms with E-state index in [1.165, 1.54) is 6.07 Å². The number of carbonyl (C=O) groups excluding carboxylic acids is 3. The fourth-order valence-electron chi connectivity index (χ4n) is 3.52. The Labute approximate surface area is 168 Å². The molecule has 1 aliphatic carbocycles. The number of hydrogen-bond donors (Lipinski definition) is 3. The molecule has 0 fully saturated rings. The summed E-state index contributed by atoms with van der Waals surface area (Å²) in [5.74, 6) is -1.09. The van der Waals surface area contributed by atoms with E-state index in [4.69, 9.17) is 0 Å². The third-order valence-corrected chi connectivity index (χ3v) is 4.80. The van der Waals surface area contributed by atoms with Crippen LogP contribution in [0.5, 0.6) is 0 Å². The van der Waals surface area contributed by atoms with Crippen molar-refractivity contribution in [3.63, 3.8) is 0 Å². The summed E-state index contributed by atoms with van der Waals surface area (Å²) in [5, 5.41) is 5.40. The SMILES string of the molecule is CC(C)NC(=O)c1ccccc1NC(=O)c1cc2c([nH]c1=O)CC(C)(C)CC2=O. The van der Waals surface area contributed by atoms with Gasteiger partial charge in [-0.3, -0.25) is 19.2 Å². The summed E-state index contributed by atoms with van der Waals surface area (Å²) in [4.78, 5) is 52.8. The second-order valence-corrected chi connectivity index (χ2v) is 8.47. The van der Waals surface area contributed by atoms with Gasteiger partial charge >= 0.3 is 0 Å². The van der Waals surface area contributed by atoms with E-state index >= 15 is 0 Å². The molecule has 3 N–H and O–H groups in total. The zero-order valence-corrected chi connectivity index (χ0v) is 17.0. The lowest BCUT2D eigenvalue weighted by Crippen LogP contribution is -2.33. The molecule has 2 aromatic rings. The van der Waals surface area contributed by atoms with Gasteiger partial charge < -0.3 is 15.6 Å². The first kappa shape index (κ1) is 20.5. The Morgan fingerprint density at radius 1 is 1.03 bits per heavy atom. The van der Waals surface area contributed by atoms with Crippen LogP contribution in [0, 0.1) is 5.41 Å². The number of rotatable bonds is 4. The second kappa shape index (κ2) is 7.66. The molecule has 0 radical (unpaired) electrons. The maximum atomic E-state index is 12.8. The summed E-state index contributed by atoms with van der Waals surface area (Å²) in [7, 11) is 0. The molecule has 3 rings (SSSR count). The van der Waals surface area contributed by atoms with Crippen LogP contribution in [-0.2, 0) is 6.42 Å². The number of ketones is 1. The van der Waals surface area contributed by atoms with Crippen LogP contribution < -0.4 is 16.2 Å². The van der Waals surface area contributed by atoms with Crippen molar-refractivity contribution in [3.8, 4) is 0 Å². The van der Waals surface area contributed by atoms with Gasteiger partial charge in [0, 0.05) is 23.7 Å². The summed E-state index contributed by atoms with van der Waals surface area (Å²) >= 11 is 0. The standard InChI is InChI=1S/C22H25N3O4/c1-12(2)23-19(27)13-7-5-6-8-16(13)24-20(28)15-9-14-17(25-21(15)29)10-22(3,4)11-18(14)26/h5-9,12H,10-11H2,1-4H3,(H,23,27)(H,24,28)(H,25,29). The maximum Gasteiger partial charge on any atom is 0.261 e. The minimum atomic E-state index is -0.670. The highest BCUT2D eigenvalue weighted by Gasteiger charge is 2.32. The van der Waals surface area contributed by atoms with Gasteiger partial charge in [-0.25, -0.2) is 0 Å². The predicted molar refractivity (Wildman–Crippen MR) is 110 cm³/mol. The summed E-state index contributed by atoms with van der Waals surface area (Å²) < 4.78 is 0. The van der Waals surface area contributed by atoms with Gasteiger partial charge in [0.2, 0.25) is 0 Å². The molecular formula is C22H25N3O4. The second-order valence-electron chi connectivity index (χ2n) is 8.47. The van der Waals surface area contributed by atoms with E-state index in [2.05, 4.69) is 15.6 Å². The zero-order chi connectivity index (χ0) is 21.3. The molecule has 1 aliphatic rings. The Hall–Kier alpha value is -3.22. The molecule has 1 aromatic carbocycles. The molecule has 0 atom stereocenters. The smallest absolute Gasteiger partial charge is 0.261 e. The molecule has 29 heavy (non-hydrogen) atoms. The highest BCUT2D eigenvalue weighted by molar-refractivity contribution is 6.10. The van der Waals surface area contributed by atoms with E-state index in [0.29, 0.717) is 35.3 Å². The van der Waals surface area contributed by atoms with Gasteiger partial charge in [-0.15, -0.1) is 0 Å². The molecule has 152 valence electrons. The van der Waals surface area contributed by atoms with Crippen LogP contribution in [-0.4, -0.2) is 28.6 Å². The average molecular weight is 395 g/mol. The molecule has 0 bridgehead atoms. The van der Waals surface area contributed by atoms with Crippen LogP contribution >= 0.6 is 0 Å². The normalized spacial score (nSPS) is 15.0. The Bertz CT molecular complexity index is 1050. The van der Waals surface area contributed by atoms with Crippen molar-refractivity contribution in [3.05, 3.63) is 63.1 Å². The van der Waals surface area contributed by atoms with Crippen molar-refractivity contribution in [2.45, 2.75) is 46.6 Å². The maximum absolute atomic E-state index is 12.8. The van der Waals surface area contributed by atoms with Gasteiger partial charge in [-0.05, 0) is 43.9 Å². The van der Waals surface area contributed by atoms with Crippen LogP contribution in [0.4, 0.5) is 5.69 Å². The molecular weight excluding hydrogens is 370 g/mol. The van der Waals surface area contributed by atoms with E-state index < -0.39 is 11.5 Å². The van der Waals surface area contributed by atoms with E-state index in [1.807, 2.05) is 27.7 Å². The number of aromatic nitrogens is 1. The van der Waals surface area contributed by atoms with Crippen molar-refractivity contribution >= 4 is 23.3 Å². The van der Waals surface area contributed by atoms with Gasteiger partial charge in [0.15, 0.2) is 5.78 Å². The topological polar surface area (TPSA) is 108 Å². The van der Waals surface area contributed by atoms with Crippen molar-refractivity contribution < 1.29 is 14.4 Å². The number of pyridine rings is 1. The lowest BCUT2D eigenvalue weighted by Gasteiger charge is -2.29. The number of H-pyrrole nitrogens is 1. The summed E-state index contributed by atoms with van der Waals surface area (Å²) in [6.45, 7) is 7.60. The number of Topliss-reactive ketones (excluding diaryl/α,β-unsaturated/α-hetero) is 1. The molecule has 0 spiro atoms. The fourth-order valence-corrected chi connectivity index (χ4v) is 3.52. The summed E-state index contributed by atoms with van der Waals surface area (Å²) in [5.41, 5.74) is 0.567. The number of para-hydroxylation sites is 1. The molecule has 0 unspecified atom stereocenters. The third kappa shape index (κ3) is 4.45. The fraction of sp³-hybridized carbons (Fsp3) is 0.364. The Morgan fingerprint density at radius 3 is 2.41 bits per heavy atom. The number of nitrogens with one attached hydrogen (secondary N) is 3. The number of aromatic amines is 1. The van der Waals surface area contributed by atoms with Gasteiger partial charge in [0.25, 0.3) is 17.4 Å². The van der Waals surface area contributed by atoms with Crippen molar-refractivity contribution in [2.75, 3.05) is 5.32 Å². The van der Waals surface area contributed by atoms with Gasteiger partial charge in [0.05, 0.1) is 11.3 Å². The average Bonchev–Trinajstić information content (AvgIpc) is 2.59. The Balaban J connectivity index is 1.92. The molecule has 1 aromatic heterocycles. The van der Waals surface area contributed by atoms with Crippen LogP contribution in [0.25, 0.3) is 0 Å². The monoisotopic (exact) mass is 395 g/mol. The molecule has 2 amide bonds. The number of anilines is 1. The first-order valence-electron chi connectivity index (χ1n) is 9.58. The molecule has 0 saturated heterocycles. The van der Waals surface area contributed by atoms with Crippen LogP contribution in [0.2, 0.25) is 0 Å². The lowest BCUT2D eigenvalue weighted by molar-refractivity contribution is 0.0908. The van der Waals surface area contributed by atoms with Crippen LogP contribution in [0.1, 0.15) is 70.9 Å². The Kier molecular flexibility index (Phi) is 5.42. The van der Waals surface area contributed by atoms with Crippen LogP contribution in [0.3, 0.4) is 0 Å². The molecule has 0 saturated carbocycles.